The number of benzene rings is 2. The van der Waals surface area contributed by atoms with E-state index in [1.54, 1.807) is 12.1 Å². The molecule has 0 saturated heterocycles. The van der Waals surface area contributed by atoms with Gasteiger partial charge in [0.05, 0.1) is 23.8 Å². The fourth-order valence-corrected chi connectivity index (χ4v) is 3.74. The number of hydrogen-bond donors (Lipinski definition) is 1. The molecule has 0 bridgehead atoms. The van der Waals surface area contributed by atoms with Crippen molar-refractivity contribution in [3.05, 3.63) is 48.0 Å². The smallest absolute Gasteiger partial charge is 0.262 e. The Hall–Kier alpha value is -2.21. The van der Waals surface area contributed by atoms with Crippen LogP contribution >= 0.6 is 0 Å². The average molecular weight is 378 g/mol. The van der Waals surface area contributed by atoms with Gasteiger partial charge < -0.3 is 9.47 Å². The minimum absolute atomic E-state index is 0.142. The molecule has 0 fully saturated rings. The zero-order valence-corrected chi connectivity index (χ0v) is 16.6. The number of anilines is 1. The van der Waals surface area contributed by atoms with Gasteiger partial charge in [-0.15, -0.1) is 0 Å². The fourth-order valence-electron chi connectivity index (χ4n) is 2.64. The summed E-state index contributed by atoms with van der Waals surface area (Å²) < 4.78 is 39.5. The molecule has 2 aromatic carbocycles. The Kier molecular flexibility index (Phi) is 6.91. The molecule has 1 atom stereocenters. The van der Waals surface area contributed by atoms with Crippen molar-refractivity contribution in [1.29, 1.82) is 0 Å². The van der Waals surface area contributed by atoms with E-state index < -0.39 is 10.0 Å². The molecule has 0 unspecified atom stereocenters. The Balaban J connectivity index is 2.38. The van der Waals surface area contributed by atoms with Gasteiger partial charge in [0.1, 0.15) is 0 Å². The predicted octanol–water partition coefficient (Wildman–Crippen LogP) is 4.80. The molecule has 1 N–H and O–H groups in total. The predicted molar refractivity (Wildman–Crippen MR) is 105 cm³/mol. The van der Waals surface area contributed by atoms with Crippen LogP contribution in [-0.4, -0.2) is 21.6 Å². The van der Waals surface area contributed by atoms with Crippen molar-refractivity contribution in [3.63, 3.8) is 0 Å². The molecule has 142 valence electrons. The van der Waals surface area contributed by atoms with Crippen LogP contribution in [0.15, 0.2) is 47.4 Å². The first kappa shape index (κ1) is 20.1. The number of ether oxygens (including phenoxy) is 2. The maximum atomic E-state index is 12.9. The van der Waals surface area contributed by atoms with Gasteiger partial charge in [-0.3, -0.25) is 4.72 Å². The summed E-state index contributed by atoms with van der Waals surface area (Å²) in [5.74, 6) is 1.22. The van der Waals surface area contributed by atoms with Crippen molar-refractivity contribution in [2.75, 3.05) is 17.9 Å². The molecule has 6 heteroatoms. The number of rotatable bonds is 9. The lowest BCUT2D eigenvalue weighted by Gasteiger charge is -2.17. The molecule has 0 heterocycles. The van der Waals surface area contributed by atoms with Crippen LogP contribution < -0.4 is 14.2 Å². The van der Waals surface area contributed by atoms with Gasteiger partial charge in [-0.25, -0.2) is 8.42 Å². The molecule has 2 aromatic rings. The van der Waals surface area contributed by atoms with Gasteiger partial charge in [0.25, 0.3) is 10.0 Å². The molecule has 0 aliphatic heterocycles. The van der Waals surface area contributed by atoms with Crippen LogP contribution in [0.25, 0.3) is 0 Å². The summed E-state index contributed by atoms with van der Waals surface area (Å²) in [6, 6.07) is 12.2. The molecule has 26 heavy (non-hydrogen) atoms. The number of sulfonamides is 1. The summed E-state index contributed by atoms with van der Waals surface area (Å²) in [6.45, 7) is 8.78. The molecule has 0 saturated carbocycles. The Labute approximate surface area is 156 Å². The van der Waals surface area contributed by atoms with Gasteiger partial charge in [-0.1, -0.05) is 32.0 Å². The summed E-state index contributed by atoms with van der Waals surface area (Å²) in [5.41, 5.74) is 1.59. The van der Waals surface area contributed by atoms with E-state index in [1.165, 1.54) is 12.1 Å². The van der Waals surface area contributed by atoms with Gasteiger partial charge in [0.15, 0.2) is 11.5 Å². The van der Waals surface area contributed by atoms with E-state index in [9.17, 15) is 8.42 Å². The monoisotopic (exact) mass is 377 g/mol. The van der Waals surface area contributed by atoms with Gasteiger partial charge >= 0.3 is 0 Å². The summed E-state index contributed by atoms with van der Waals surface area (Å²) in [4.78, 5) is 0.142. The summed E-state index contributed by atoms with van der Waals surface area (Å²) in [6.07, 6.45) is 0.927. The molecular weight excluding hydrogens is 350 g/mol. The average Bonchev–Trinajstić information content (AvgIpc) is 2.63. The zero-order valence-electron chi connectivity index (χ0n) is 15.8. The molecular formula is C20H27NO4S. The third-order valence-corrected chi connectivity index (χ3v) is 5.54. The van der Waals surface area contributed by atoms with Gasteiger partial charge in [0, 0.05) is 6.07 Å². The molecule has 0 amide bonds. The van der Waals surface area contributed by atoms with Crippen LogP contribution in [0.5, 0.6) is 11.5 Å². The molecule has 0 aromatic heterocycles. The summed E-state index contributed by atoms with van der Waals surface area (Å²) in [5, 5.41) is 0. The molecule has 5 nitrogen and oxygen atoms in total. The van der Waals surface area contributed by atoms with Crippen LogP contribution in [0, 0.1) is 0 Å². The van der Waals surface area contributed by atoms with Crippen molar-refractivity contribution in [3.8, 4) is 11.5 Å². The second-order valence-electron chi connectivity index (χ2n) is 5.98. The minimum atomic E-state index is -3.74. The SMILES string of the molecule is CCOc1ccc(S(=O)(=O)Nc2ccccc2[C@H](C)CC)cc1OCC. The van der Waals surface area contributed by atoms with Crippen molar-refractivity contribution < 1.29 is 17.9 Å². The van der Waals surface area contributed by atoms with Gasteiger partial charge in [-0.05, 0) is 49.9 Å². The first-order valence-corrected chi connectivity index (χ1v) is 10.4. The maximum Gasteiger partial charge on any atom is 0.262 e. The topological polar surface area (TPSA) is 64.6 Å². The van der Waals surface area contributed by atoms with E-state index in [0.717, 1.165) is 12.0 Å². The standard InChI is InChI=1S/C20H27NO4S/c1-5-15(4)17-10-8-9-11-18(17)21-26(22,23)16-12-13-19(24-6-2)20(14-16)25-7-3/h8-15,21H,5-7H2,1-4H3/t15-/m1/s1. The molecule has 2 rings (SSSR count). The largest absolute Gasteiger partial charge is 0.490 e. The van der Waals surface area contributed by atoms with E-state index in [1.807, 2.05) is 32.0 Å². The third kappa shape index (κ3) is 4.69. The fraction of sp³-hybridized carbons (Fsp3) is 0.400. The van der Waals surface area contributed by atoms with E-state index in [0.29, 0.717) is 30.4 Å². The Morgan fingerprint density at radius 2 is 1.62 bits per heavy atom. The van der Waals surface area contributed by atoms with Crippen molar-refractivity contribution >= 4 is 15.7 Å². The number of para-hydroxylation sites is 1. The highest BCUT2D eigenvalue weighted by Crippen LogP contribution is 2.32. The van der Waals surface area contributed by atoms with E-state index in [2.05, 4.69) is 18.6 Å². The molecule has 0 radical (unpaired) electrons. The molecule has 0 aliphatic carbocycles. The highest BCUT2D eigenvalue weighted by molar-refractivity contribution is 7.92. The van der Waals surface area contributed by atoms with Crippen molar-refractivity contribution in [1.82, 2.24) is 0 Å². The zero-order chi connectivity index (χ0) is 19.2. The van der Waals surface area contributed by atoms with Crippen LogP contribution in [0.4, 0.5) is 5.69 Å². The maximum absolute atomic E-state index is 12.9. The number of nitrogens with one attached hydrogen (secondary N) is 1. The Morgan fingerprint density at radius 3 is 2.27 bits per heavy atom. The lowest BCUT2D eigenvalue weighted by molar-refractivity contribution is 0.287. The first-order chi connectivity index (χ1) is 12.4. The Morgan fingerprint density at radius 1 is 0.962 bits per heavy atom. The summed E-state index contributed by atoms with van der Waals surface area (Å²) in [7, 11) is -3.74. The molecule has 0 aliphatic rings. The second kappa shape index (κ2) is 8.94. The third-order valence-electron chi connectivity index (χ3n) is 4.17. The first-order valence-electron chi connectivity index (χ1n) is 8.94. The highest BCUT2D eigenvalue weighted by atomic mass is 32.2. The normalized spacial score (nSPS) is 12.5. The van der Waals surface area contributed by atoms with E-state index in [4.69, 9.17) is 9.47 Å². The van der Waals surface area contributed by atoms with Crippen LogP contribution in [-0.2, 0) is 10.0 Å². The quantitative estimate of drug-likeness (QED) is 0.682. The second-order valence-corrected chi connectivity index (χ2v) is 7.66. The molecule has 0 spiro atoms. The van der Waals surface area contributed by atoms with Crippen LogP contribution in [0.3, 0.4) is 0 Å². The van der Waals surface area contributed by atoms with E-state index >= 15 is 0 Å². The number of hydrogen-bond acceptors (Lipinski definition) is 4. The lowest BCUT2D eigenvalue weighted by atomic mass is 9.97. The Bertz CT molecular complexity index is 833. The minimum Gasteiger partial charge on any atom is -0.490 e. The van der Waals surface area contributed by atoms with Crippen LogP contribution in [0.2, 0.25) is 0 Å². The van der Waals surface area contributed by atoms with Gasteiger partial charge in [0.2, 0.25) is 0 Å². The van der Waals surface area contributed by atoms with Gasteiger partial charge in [-0.2, -0.15) is 0 Å². The summed E-state index contributed by atoms with van der Waals surface area (Å²) >= 11 is 0. The van der Waals surface area contributed by atoms with E-state index in [-0.39, 0.29) is 10.8 Å². The van der Waals surface area contributed by atoms with Crippen molar-refractivity contribution in [2.45, 2.75) is 44.9 Å². The highest BCUT2D eigenvalue weighted by Gasteiger charge is 2.20. The van der Waals surface area contributed by atoms with Crippen LogP contribution in [0.1, 0.15) is 45.6 Å². The lowest BCUT2D eigenvalue weighted by Crippen LogP contribution is -2.15. The van der Waals surface area contributed by atoms with Crippen molar-refractivity contribution in [2.24, 2.45) is 0 Å².